The summed E-state index contributed by atoms with van der Waals surface area (Å²) < 4.78 is 52.2. The van der Waals surface area contributed by atoms with E-state index in [2.05, 4.69) is 4.90 Å². The average molecular weight is 455 g/mol. The molecule has 3 rings (SSSR count). The van der Waals surface area contributed by atoms with Crippen LogP contribution in [0.15, 0.2) is 48.5 Å². The molecule has 0 spiro atoms. The fourth-order valence-electron chi connectivity index (χ4n) is 3.68. The van der Waals surface area contributed by atoms with Gasteiger partial charge in [0.15, 0.2) is 0 Å². The summed E-state index contributed by atoms with van der Waals surface area (Å²) in [6, 6.07) is 9.88. The molecular formula is C23H23ClF4N2O. The van der Waals surface area contributed by atoms with Gasteiger partial charge in [0.2, 0.25) is 5.91 Å². The zero-order chi connectivity index (χ0) is 22.8. The minimum atomic E-state index is -4.56. The lowest BCUT2D eigenvalue weighted by Crippen LogP contribution is -2.57. The van der Waals surface area contributed by atoms with Crippen LogP contribution >= 0.6 is 11.6 Å². The minimum absolute atomic E-state index is 0.0750. The van der Waals surface area contributed by atoms with Crippen molar-refractivity contribution < 1.29 is 22.4 Å². The number of alkyl halides is 3. The van der Waals surface area contributed by atoms with E-state index in [-0.39, 0.29) is 34.4 Å². The summed E-state index contributed by atoms with van der Waals surface area (Å²) in [7, 11) is 0. The first-order valence-corrected chi connectivity index (χ1v) is 10.3. The zero-order valence-electron chi connectivity index (χ0n) is 17.2. The van der Waals surface area contributed by atoms with E-state index in [4.69, 9.17) is 11.6 Å². The average Bonchev–Trinajstić information content (AvgIpc) is 2.70. The number of amides is 1. The van der Waals surface area contributed by atoms with Crippen molar-refractivity contribution in [2.75, 3.05) is 13.1 Å². The highest BCUT2D eigenvalue weighted by Crippen LogP contribution is 2.35. The Kier molecular flexibility index (Phi) is 7.06. The van der Waals surface area contributed by atoms with E-state index in [1.54, 1.807) is 17.0 Å². The van der Waals surface area contributed by atoms with Crippen LogP contribution in [0.3, 0.4) is 0 Å². The molecule has 1 heterocycles. The third-order valence-corrected chi connectivity index (χ3v) is 5.74. The molecule has 1 saturated heterocycles. The van der Waals surface area contributed by atoms with Gasteiger partial charge >= 0.3 is 6.18 Å². The Hall–Kier alpha value is -2.38. The lowest BCUT2D eigenvalue weighted by molar-refractivity contribution is -0.137. The first-order chi connectivity index (χ1) is 14.5. The van der Waals surface area contributed by atoms with Gasteiger partial charge in [-0.2, -0.15) is 13.2 Å². The molecule has 0 saturated carbocycles. The fraction of sp³-hybridized carbons (Fsp3) is 0.348. The molecule has 0 unspecified atom stereocenters. The van der Waals surface area contributed by atoms with E-state index in [0.29, 0.717) is 19.6 Å². The Balaban J connectivity index is 1.66. The maximum Gasteiger partial charge on any atom is 0.417 e. The molecule has 0 N–H and O–H groups in total. The fourth-order valence-corrected chi connectivity index (χ4v) is 3.90. The molecule has 8 heteroatoms. The highest BCUT2D eigenvalue weighted by molar-refractivity contribution is 6.31. The van der Waals surface area contributed by atoms with E-state index in [0.717, 1.165) is 11.6 Å². The van der Waals surface area contributed by atoms with E-state index >= 15 is 0 Å². The maximum atomic E-state index is 13.1. The SMILES string of the molecule is C[C@@H]1CN(C(=O)C=Cc2ccc(Cl)c(C(F)(F)F)c2)[C@@H](C)CN1Cc1ccc(F)cc1. The van der Waals surface area contributed by atoms with Gasteiger partial charge in [-0.15, -0.1) is 0 Å². The Bertz CT molecular complexity index is 959. The minimum Gasteiger partial charge on any atom is -0.334 e. The highest BCUT2D eigenvalue weighted by Gasteiger charge is 2.33. The summed E-state index contributed by atoms with van der Waals surface area (Å²) in [4.78, 5) is 16.6. The molecule has 0 aliphatic carbocycles. The Morgan fingerprint density at radius 2 is 1.77 bits per heavy atom. The molecule has 1 aliphatic rings. The summed E-state index contributed by atoms with van der Waals surface area (Å²) in [5.74, 6) is -0.542. The number of piperazine rings is 1. The predicted molar refractivity (Wildman–Crippen MR) is 113 cm³/mol. The molecule has 1 fully saturated rings. The van der Waals surface area contributed by atoms with E-state index in [1.807, 2.05) is 13.8 Å². The zero-order valence-corrected chi connectivity index (χ0v) is 17.9. The maximum absolute atomic E-state index is 13.1. The van der Waals surface area contributed by atoms with Crippen molar-refractivity contribution in [1.82, 2.24) is 9.80 Å². The molecule has 1 amide bonds. The molecule has 3 nitrogen and oxygen atoms in total. The second-order valence-electron chi connectivity index (χ2n) is 7.81. The molecular weight excluding hydrogens is 432 g/mol. The third-order valence-electron chi connectivity index (χ3n) is 5.41. The van der Waals surface area contributed by atoms with Crippen LogP contribution in [0.4, 0.5) is 17.6 Å². The number of hydrogen-bond acceptors (Lipinski definition) is 2. The summed E-state index contributed by atoms with van der Waals surface area (Å²) >= 11 is 5.64. The van der Waals surface area contributed by atoms with Crippen LogP contribution in [0.1, 0.15) is 30.5 Å². The molecule has 1 aliphatic heterocycles. The Morgan fingerprint density at radius 1 is 1.10 bits per heavy atom. The first kappa shape index (κ1) is 23.3. The van der Waals surface area contributed by atoms with E-state index < -0.39 is 11.7 Å². The van der Waals surface area contributed by atoms with Gasteiger partial charge < -0.3 is 4.90 Å². The van der Waals surface area contributed by atoms with Crippen LogP contribution in [0.2, 0.25) is 5.02 Å². The third kappa shape index (κ3) is 5.86. The topological polar surface area (TPSA) is 23.6 Å². The summed E-state index contributed by atoms with van der Waals surface area (Å²) in [5, 5.41) is -0.379. The van der Waals surface area contributed by atoms with Crippen molar-refractivity contribution in [2.24, 2.45) is 0 Å². The van der Waals surface area contributed by atoms with Crippen LogP contribution in [0.25, 0.3) is 6.08 Å². The summed E-state index contributed by atoms with van der Waals surface area (Å²) in [6.45, 7) is 5.71. The van der Waals surface area contributed by atoms with Crippen molar-refractivity contribution >= 4 is 23.6 Å². The van der Waals surface area contributed by atoms with Gasteiger partial charge in [0.1, 0.15) is 5.82 Å². The largest absolute Gasteiger partial charge is 0.417 e. The predicted octanol–water partition coefficient (Wildman–Crippen LogP) is 5.63. The normalized spacial score (nSPS) is 20.4. The van der Waals surface area contributed by atoms with Crippen molar-refractivity contribution in [3.8, 4) is 0 Å². The van der Waals surface area contributed by atoms with Crippen LogP contribution in [0, 0.1) is 5.82 Å². The van der Waals surface area contributed by atoms with Gasteiger partial charge in [-0.3, -0.25) is 9.69 Å². The van der Waals surface area contributed by atoms with Gasteiger partial charge in [0.25, 0.3) is 0 Å². The standard InChI is InChI=1S/C23H23ClF4N2O/c1-15-13-30(16(2)12-29(15)14-18-3-7-19(25)8-4-18)22(31)10-6-17-5-9-21(24)20(11-17)23(26,27)28/h3-11,15-16H,12-14H2,1-2H3/t15-,16+/m1/s1. The van der Waals surface area contributed by atoms with Gasteiger partial charge in [-0.1, -0.05) is 29.8 Å². The summed E-state index contributed by atoms with van der Waals surface area (Å²) in [6.07, 6.45) is -1.89. The van der Waals surface area contributed by atoms with Crippen LogP contribution in [-0.2, 0) is 17.5 Å². The lowest BCUT2D eigenvalue weighted by Gasteiger charge is -2.44. The number of benzene rings is 2. The monoisotopic (exact) mass is 454 g/mol. The molecule has 2 atom stereocenters. The molecule has 2 aromatic carbocycles. The quantitative estimate of drug-likeness (QED) is 0.441. The molecule has 0 bridgehead atoms. The highest BCUT2D eigenvalue weighted by atomic mass is 35.5. The molecule has 0 radical (unpaired) electrons. The smallest absolute Gasteiger partial charge is 0.334 e. The van der Waals surface area contributed by atoms with Gasteiger partial charge in [0.05, 0.1) is 10.6 Å². The second kappa shape index (κ2) is 9.40. The summed E-state index contributed by atoms with van der Waals surface area (Å²) in [5.41, 5.74) is 0.309. The molecule has 2 aromatic rings. The van der Waals surface area contributed by atoms with Crippen molar-refractivity contribution in [3.63, 3.8) is 0 Å². The molecule has 31 heavy (non-hydrogen) atoms. The van der Waals surface area contributed by atoms with E-state index in [9.17, 15) is 22.4 Å². The first-order valence-electron chi connectivity index (χ1n) is 9.88. The number of hydrogen-bond donors (Lipinski definition) is 0. The Morgan fingerprint density at radius 3 is 2.42 bits per heavy atom. The molecule has 166 valence electrons. The lowest BCUT2D eigenvalue weighted by atomic mass is 10.1. The van der Waals surface area contributed by atoms with Crippen LogP contribution in [-0.4, -0.2) is 40.9 Å². The molecule has 0 aromatic heterocycles. The van der Waals surface area contributed by atoms with Crippen LogP contribution < -0.4 is 0 Å². The van der Waals surface area contributed by atoms with Crippen molar-refractivity contribution in [2.45, 2.75) is 38.7 Å². The second-order valence-corrected chi connectivity index (χ2v) is 8.22. The van der Waals surface area contributed by atoms with Gasteiger partial charge in [-0.05, 0) is 55.3 Å². The van der Waals surface area contributed by atoms with Gasteiger partial charge in [0, 0.05) is 37.8 Å². The number of rotatable bonds is 4. The van der Waals surface area contributed by atoms with Crippen molar-refractivity contribution in [1.29, 1.82) is 0 Å². The number of carbonyl (C=O) groups is 1. The number of halogens is 5. The van der Waals surface area contributed by atoms with Crippen LogP contribution in [0.5, 0.6) is 0 Å². The van der Waals surface area contributed by atoms with Gasteiger partial charge in [-0.25, -0.2) is 4.39 Å². The number of carbonyl (C=O) groups excluding carboxylic acids is 1. The van der Waals surface area contributed by atoms with E-state index in [1.165, 1.54) is 36.4 Å². The number of nitrogens with zero attached hydrogens (tertiary/aromatic N) is 2. The van der Waals surface area contributed by atoms with Crippen molar-refractivity contribution in [3.05, 3.63) is 76.1 Å². The Labute approximate surface area is 183 Å².